The van der Waals surface area contributed by atoms with Crippen molar-refractivity contribution >= 4 is 29.1 Å². The molecule has 2 aromatic rings. The van der Waals surface area contributed by atoms with Gasteiger partial charge in [-0.3, -0.25) is 4.79 Å². The van der Waals surface area contributed by atoms with Crippen LogP contribution in [-0.4, -0.2) is 18.6 Å². The highest BCUT2D eigenvalue weighted by atomic mass is 35.5. The molecule has 5 heteroatoms. The predicted octanol–water partition coefficient (Wildman–Crippen LogP) is 4.90. The van der Waals surface area contributed by atoms with Crippen molar-refractivity contribution in [2.45, 2.75) is 32.3 Å². The molecule has 1 N–H and O–H groups in total. The molecule has 0 aromatic heterocycles. The molecule has 1 amide bonds. The van der Waals surface area contributed by atoms with E-state index in [1.165, 1.54) is 0 Å². The quantitative estimate of drug-likeness (QED) is 0.675. The molecule has 0 aliphatic heterocycles. The van der Waals surface area contributed by atoms with Crippen molar-refractivity contribution < 1.29 is 9.53 Å². The van der Waals surface area contributed by atoms with Crippen LogP contribution in [0.4, 0.5) is 0 Å². The zero-order valence-electron chi connectivity index (χ0n) is 13.6. The van der Waals surface area contributed by atoms with Gasteiger partial charge in [-0.25, -0.2) is 0 Å². The number of rotatable bonds is 8. The summed E-state index contributed by atoms with van der Waals surface area (Å²) in [5.74, 6) is 0.484. The predicted molar refractivity (Wildman–Crippen MR) is 98.9 cm³/mol. The van der Waals surface area contributed by atoms with Gasteiger partial charge in [-0.2, -0.15) is 0 Å². The number of carbonyl (C=O) groups is 1. The fourth-order valence-corrected chi connectivity index (χ4v) is 2.74. The smallest absolute Gasteiger partial charge is 0.261 e. The van der Waals surface area contributed by atoms with Crippen LogP contribution in [0.3, 0.4) is 0 Å². The van der Waals surface area contributed by atoms with E-state index in [0.29, 0.717) is 23.7 Å². The Hall–Kier alpha value is -1.71. The number of halogens is 2. The second-order valence-corrected chi connectivity index (χ2v) is 6.30. The van der Waals surface area contributed by atoms with Crippen LogP contribution < -0.4 is 10.1 Å². The second-order valence-electron chi connectivity index (χ2n) is 5.46. The van der Waals surface area contributed by atoms with Gasteiger partial charge in [0.25, 0.3) is 5.91 Å². The van der Waals surface area contributed by atoms with Crippen LogP contribution in [0.1, 0.15) is 25.3 Å². The van der Waals surface area contributed by atoms with E-state index in [9.17, 15) is 4.79 Å². The number of benzene rings is 2. The van der Waals surface area contributed by atoms with Gasteiger partial charge in [0.05, 0.1) is 0 Å². The fourth-order valence-electron chi connectivity index (χ4n) is 2.33. The summed E-state index contributed by atoms with van der Waals surface area (Å²) in [5.41, 5.74) is 1.09. The molecule has 0 radical (unpaired) electrons. The van der Waals surface area contributed by atoms with Crippen LogP contribution >= 0.6 is 23.2 Å². The van der Waals surface area contributed by atoms with Gasteiger partial charge in [-0.15, -0.1) is 0 Å². The van der Waals surface area contributed by atoms with Crippen LogP contribution in [0.15, 0.2) is 48.5 Å². The molecule has 0 bridgehead atoms. The van der Waals surface area contributed by atoms with E-state index < -0.39 is 6.10 Å². The maximum Gasteiger partial charge on any atom is 0.261 e. The van der Waals surface area contributed by atoms with Gasteiger partial charge in [0.1, 0.15) is 5.75 Å². The minimum atomic E-state index is -0.524. The number of hydrogen-bond donors (Lipinski definition) is 1. The number of nitrogens with one attached hydrogen (secondary N) is 1. The summed E-state index contributed by atoms with van der Waals surface area (Å²) >= 11 is 12.1. The summed E-state index contributed by atoms with van der Waals surface area (Å²) in [6, 6.07) is 14.8. The molecule has 0 saturated carbocycles. The van der Waals surface area contributed by atoms with Crippen LogP contribution in [0.2, 0.25) is 10.0 Å². The summed E-state index contributed by atoms with van der Waals surface area (Å²) < 4.78 is 5.72. The molecule has 0 aliphatic carbocycles. The zero-order chi connectivity index (χ0) is 17.4. The summed E-state index contributed by atoms with van der Waals surface area (Å²) in [7, 11) is 0. The largest absolute Gasteiger partial charge is 0.481 e. The van der Waals surface area contributed by atoms with Gasteiger partial charge in [0, 0.05) is 16.6 Å². The first-order valence-corrected chi connectivity index (χ1v) is 8.79. The molecular weight excluding hydrogens is 345 g/mol. The first-order valence-electron chi connectivity index (χ1n) is 8.03. The van der Waals surface area contributed by atoms with E-state index in [-0.39, 0.29) is 5.91 Å². The Morgan fingerprint density at radius 2 is 1.96 bits per heavy atom. The van der Waals surface area contributed by atoms with E-state index in [1.807, 2.05) is 31.2 Å². The molecular formula is C19H21Cl2NO2. The summed E-state index contributed by atoms with van der Waals surface area (Å²) in [6.45, 7) is 2.50. The highest BCUT2D eigenvalue weighted by Crippen LogP contribution is 2.19. The number of hydrogen-bond acceptors (Lipinski definition) is 2. The van der Waals surface area contributed by atoms with Crippen molar-refractivity contribution in [3.8, 4) is 5.75 Å². The zero-order valence-corrected chi connectivity index (χ0v) is 15.1. The minimum Gasteiger partial charge on any atom is -0.481 e. The lowest BCUT2D eigenvalue weighted by atomic mass is 10.1. The van der Waals surface area contributed by atoms with E-state index in [4.69, 9.17) is 27.9 Å². The maximum atomic E-state index is 12.2. The Kier molecular flexibility index (Phi) is 7.41. The van der Waals surface area contributed by atoms with Gasteiger partial charge in [0.15, 0.2) is 6.10 Å². The van der Waals surface area contributed by atoms with Gasteiger partial charge in [-0.05, 0) is 49.1 Å². The van der Waals surface area contributed by atoms with Crippen LogP contribution in [-0.2, 0) is 11.2 Å². The van der Waals surface area contributed by atoms with E-state index >= 15 is 0 Å². The molecule has 0 unspecified atom stereocenters. The highest BCUT2D eigenvalue weighted by molar-refractivity contribution is 6.31. The topological polar surface area (TPSA) is 38.3 Å². The normalized spacial score (nSPS) is 11.8. The number of amides is 1. The van der Waals surface area contributed by atoms with E-state index in [0.717, 1.165) is 23.4 Å². The lowest BCUT2D eigenvalue weighted by Crippen LogP contribution is -2.38. The lowest BCUT2D eigenvalue weighted by Gasteiger charge is -2.17. The third-order valence-corrected chi connectivity index (χ3v) is 4.22. The molecule has 2 rings (SSSR count). The Morgan fingerprint density at radius 3 is 2.67 bits per heavy atom. The molecule has 1 atom stereocenters. The maximum absolute atomic E-state index is 12.2. The highest BCUT2D eigenvalue weighted by Gasteiger charge is 2.17. The SMILES string of the molecule is CC[C@H](Oc1cccc(Cl)c1)C(=O)NCCCc1ccccc1Cl. The molecule has 128 valence electrons. The molecule has 0 saturated heterocycles. The summed E-state index contributed by atoms with van der Waals surface area (Å²) in [5, 5.41) is 4.27. The van der Waals surface area contributed by atoms with Crippen molar-refractivity contribution in [1.82, 2.24) is 5.32 Å². The van der Waals surface area contributed by atoms with Gasteiger partial charge in [0.2, 0.25) is 0 Å². The minimum absolute atomic E-state index is 0.114. The number of aryl methyl sites for hydroxylation is 1. The van der Waals surface area contributed by atoms with Crippen LogP contribution in [0, 0.1) is 0 Å². The standard InChI is InChI=1S/C19H21Cl2NO2/c1-2-18(24-16-10-5-9-15(20)13-16)19(23)22-12-6-8-14-7-3-4-11-17(14)21/h3-5,7,9-11,13,18H,2,6,8,12H2,1H3,(H,22,23)/t18-/m0/s1. The van der Waals surface area contributed by atoms with Gasteiger partial charge < -0.3 is 10.1 Å². The third-order valence-electron chi connectivity index (χ3n) is 3.62. The molecule has 2 aromatic carbocycles. The third kappa shape index (κ3) is 5.73. The van der Waals surface area contributed by atoms with E-state index in [1.54, 1.807) is 24.3 Å². The summed E-state index contributed by atoms with van der Waals surface area (Å²) in [4.78, 5) is 12.2. The molecule has 0 spiro atoms. The number of ether oxygens (including phenoxy) is 1. The monoisotopic (exact) mass is 365 g/mol. The summed E-state index contributed by atoms with van der Waals surface area (Å²) in [6.07, 6.45) is 1.71. The Bertz CT molecular complexity index is 676. The van der Waals surface area contributed by atoms with Crippen molar-refractivity contribution in [2.75, 3.05) is 6.54 Å². The van der Waals surface area contributed by atoms with Crippen molar-refractivity contribution in [3.63, 3.8) is 0 Å². The molecule has 0 fully saturated rings. The average Bonchev–Trinajstić information content (AvgIpc) is 2.58. The molecule has 0 aliphatic rings. The first kappa shape index (κ1) is 18.6. The second kappa shape index (κ2) is 9.55. The Morgan fingerprint density at radius 1 is 1.17 bits per heavy atom. The average molecular weight is 366 g/mol. The van der Waals surface area contributed by atoms with Gasteiger partial charge >= 0.3 is 0 Å². The fraction of sp³-hybridized carbons (Fsp3) is 0.316. The Labute approximate surface area is 152 Å². The molecule has 0 heterocycles. The Balaban J connectivity index is 1.78. The number of carbonyl (C=O) groups excluding carboxylic acids is 1. The molecule has 24 heavy (non-hydrogen) atoms. The van der Waals surface area contributed by atoms with E-state index in [2.05, 4.69) is 5.32 Å². The lowest BCUT2D eigenvalue weighted by molar-refractivity contribution is -0.128. The van der Waals surface area contributed by atoms with Gasteiger partial charge in [-0.1, -0.05) is 54.4 Å². The first-order chi connectivity index (χ1) is 11.6. The van der Waals surface area contributed by atoms with Crippen LogP contribution in [0.5, 0.6) is 5.75 Å². The van der Waals surface area contributed by atoms with Crippen molar-refractivity contribution in [2.24, 2.45) is 0 Å². The van der Waals surface area contributed by atoms with Crippen molar-refractivity contribution in [3.05, 3.63) is 64.1 Å². The van der Waals surface area contributed by atoms with Crippen molar-refractivity contribution in [1.29, 1.82) is 0 Å². The van der Waals surface area contributed by atoms with Crippen LogP contribution in [0.25, 0.3) is 0 Å². The molecule has 3 nitrogen and oxygen atoms in total.